The van der Waals surface area contributed by atoms with Gasteiger partial charge in [0.1, 0.15) is 6.10 Å². The molecule has 3 rings (SSSR count). The van der Waals surface area contributed by atoms with Crippen LogP contribution in [0.2, 0.25) is 0 Å². The van der Waals surface area contributed by atoms with Crippen LogP contribution in [0.4, 0.5) is 0 Å². The average molecular weight is 514 g/mol. The number of carbonyl (C=O) groups excluding carboxylic acids is 1. The Balaban J connectivity index is 0.00000300. The summed E-state index contributed by atoms with van der Waals surface area (Å²) in [5.74, 6) is 1.12. The maximum Gasteiger partial charge on any atom is 0.251 e. The molecule has 0 radical (unpaired) electrons. The molecule has 29 heavy (non-hydrogen) atoms. The van der Waals surface area contributed by atoms with Gasteiger partial charge >= 0.3 is 0 Å². The number of rotatable bonds is 7. The van der Waals surface area contributed by atoms with Crippen LogP contribution in [0.1, 0.15) is 37.7 Å². The van der Waals surface area contributed by atoms with Crippen molar-refractivity contribution in [3.05, 3.63) is 35.9 Å². The number of carbonyl (C=O) groups is 1. The Labute approximate surface area is 192 Å². The number of nitrogens with zero attached hydrogens (tertiary/aromatic N) is 3. The van der Waals surface area contributed by atoms with Gasteiger partial charge in [-0.1, -0.05) is 36.8 Å². The number of nitrogens with one attached hydrogen (secondary N) is 1. The van der Waals surface area contributed by atoms with Gasteiger partial charge in [0.2, 0.25) is 0 Å². The second kappa shape index (κ2) is 13.1. The van der Waals surface area contributed by atoms with Crippen LogP contribution in [0, 0.1) is 0 Å². The first-order chi connectivity index (χ1) is 13.8. The van der Waals surface area contributed by atoms with Gasteiger partial charge in [-0.3, -0.25) is 9.79 Å². The molecule has 0 aliphatic carbocycles. The van der Waals surface area contributed by atoms with Crippen LogP contribution >= 0.6 is 24.0 Å². The van der Waals surface area contributed by atoms with E-state index >= 15 is 0 Å². The van der Waals surface area contributed by atoms with E-state index in [-0.39, 0.29) is 36.0 Å². The Morgan fingerprint density at radius 2 is 1.83 bits per heavy atom. The van der Waals surface area contributed by atoms with E-state index in [0.29, 0.717) is 0 Å². The second-order valence-electron chi connectivity index (χ2n) is 7.58. The van der Waals surface area contributed by atoms with Crippen LogP contribution in [0.5, 0.6) is 0 Å². The average Bonchev–Trinajstić information content (AvgIpc) is 3.29. The highest BCUT2D eigenvalue weighted by Gasteiger charge is 2.30. The summed E-state index contributed by atoms with van der Waals surface area (Å²) in [6, 6.07) is 10.7. The zero-order valence-electron chi connectivity index (χ0n) is 17.5. The van der Waals surface area contributed by atoms with Crippen molar-refractivity contribution in [1.82, 2.24) is 15.1 Å². The van der Waals surface area contributed by atoms with Crippen molar-refractivity contribution < 1.29 is 9.53 Å². The van der Waals surface area contributed by atoms with E-state index in [1.165, 1.54) is 18.4 Å². The van der Waals surface area contributed by atoms with Crippen LogP contribution < -0.4 is 5.32 Å². The number of aliphatic imine (C=N–C) groups is 1. The molecular formula is C22H35IN4O2. The first kappa shape index (κ1) is 23.9. The van der Waals surface area contributed by atoms with E-state index in [1.807, 2.05) is 11.9 Å². The maximum atomic E-state index is 12.5. The van der Waals surface area contributed by atoms with E-state index in [4.69, 9.17) is 4.74 Å². The number of hydrogen-bond acceptors (Lipinski definition) is 3. The monoisotopic (exact) mass is 514 g/mol. The molecule has 0 bridgehead atoms. The van der Waals surface area contributed by atoms with Crippen LogP contribution in [0.25, 0.3) is 0 Å². The molecule has 0 spiro atoms. The van der Waals surface area contributed by atoms with Gasteiger partial charge in [-0.05, 0) is 37.7 Å². The van der Waals surface area contributed by atoms with Crippen molar-refractivity contribution in [2.24, 2.45) is 4.99 Å². The molecule has 6 nitrogen and oxygen atoms in total. The van der Waals surface area contributed by atoms with Crippen molar-refractivity contribution in [3.8, 4) is 0 Å². The summed E-state index contributed by atoms with van der Waals surface area (Å²) < 4.78 is 5.54. The summed E-state index contributed by atoms with van der Waals surface area (Å²) in [5, 5.41) is 3.48. The van der Waals surface area contributed by atoms with E-state index < -0.39 is 0 Å². The molecule has 1 unspecified atom stereocenters. The standard InChI is InChI=1S/C22H34N4O2.HI/c1-23-22(24-13-7-3-6-11-19-9-4-2-5-10-19)26-16-14-25(15-17-26)21(27)20-12-8-18-28-20;/h2,4-5,9-10,20H,3,6-8,11-18H2,1H3,(H,23,24);1H. The predicted molar refractivity (Wildman–Crippen MR) is 128 cm³/mol. The van der Waals surface area contributed by atoms with Gasteiger partial charge < -0.3 is 19.9 Å². The SMILES string of the molecule is CN=C(NCCCCCc1ccccc1)N1CCN(C(=O)C2CCCO2)CC1.I. The van der Waals surface area contributed by atoms with E-state index in [9.17, 15) is 4.79 Å². The maximum absolute atomic E-state index is 12.5. The zero-order chi connectivity index (χ0) is 19.6. The lowest BCUT2D eigenvalue weighted by atomic mass is 10.1. The van der Waals surface area contributed by atoms with Crippen molar-refractivity contribution in [2.75, 3.05) is 46.4 Å². The van der Waals surface area contributed by atoms with Gasteiger partial charge in [-0.2, -0.15) is 0 Å². The van der Waals surface area contributed by atoms with Crippen LogP contribution in [-0.2, 0) is 16.0 Å². The van der Waals surface area contributed by atoms with Crippen molar-refractivity contribution in [2.45, 2.75) is 44.6 Å². The molecule has 7 heteroatoms. The number of halogens is 1. The molecule has 2 saturated heterocycles. The summed E-state index contributed by atoms with van der Waals surface area (Å²) >= 11 is 0. The van der Waals surface area contributed by atoms with Gasteiger partial charge in [-0.25, -0.2) is 0 Å². The molecular weight excluding hydrogens is 479 g/mol. The molecule has 0 saturated carbocycles. The number of ether oxygens (including phenoxy) is 1. The Morgan fingerprint density at radius 3 is 2.48 bits per heavy atom. The van der Waals surface area contributed by atoms with Gasteiger partial charge in [0, 0.05) is 46.4 Å². The molecule has 2 aliphatic heterocycles. The number of benzene rings is 1. The Morgan fingerprint density at radius 1 is 1.10 bits per heavy atom. The van der Waals surface area contributed by atoms with Gasteiger partial charge in [-0.15, -0.1) is 24.0 Å². The van der Waals surface area contributed by atoms with E-state index in [2.05, 4.69) is 45.5 Å². The molecule has 1 atom stereocenters. The highest BCUT2D eigenvalue weighted by atomic mass is 127. The third kappa shape index (κ3) is 7.44. The third-order valence-electron chi connectivity index (χ3n) is 5.58. The van der Waals surface area contributed by atoms with Gasteiger partial charge in [0.15, 0.2) is 5.96 Å². The predicted octanol–water partition coefficient (Wildman–Crippen LogP) is 2.92. The molecule has 2 heterocycles. The molecule has 1 aromatic carbocycles. The highest BCUT2D eigenvalue weighted by molar-refractivity contribution is 14.0. The molecule has 0 aromatic heterocycles. The normalized spacial score (nSPS) is 19.8. The lowest BCUT2D eigenvalue weighted by Crippen LogP contribution is -2.55. The molecule has 1 amide bonds. The number of unbranched alkanes of at least 4 members (excludes halogenated alkanes) is 2. The second-order valence-corrected chi connectivity index (χ2v) is 7.58. The minimum atomic E-state index is -0.208. The lowest BCUT2D eigenvalue weighted by Gasteiger charge is -2.37. The number of guanidine groups is 1. The quantitative estimate of drug-likeness (QED) is 0.263. The minimum Gasteiger partial charge on any atom is -0.368 e. The molecule has 162 valence electrons. The number of amides is 1. The summed E-state index contributed by atoms with van der Waals surface area (Å²) in [6.45, 7) is 4.81. The summed E-state index contributed by atoms with van der Waals surface area (Å²) in [7, 11) is 1.83. The number of piperazine rings is 1. The van der Waals surface area contributed by atoms with Crippen molar-refractivity contribution in [1.29, 1.82) is 0 Å². The van der Waals surface area contributed by atoms with Crippen LogP contribution in [0.15, 0.2) is 35.3 Å². The first-order valence-corrected chi connectivity index (χ1v) is 10.7. The molecule has 2 aliphatic rings. The third-order valence-corrected chi connectivity index (χ3v) is 5.58. The lowest BCUT2D eigenvalue weighted by molar-refractivity contribution is -0.142. The summed E-state index contributed by atoms with van der Waals surface area (Å²) in [4.78, 5) is 21.1. The van der Waals surface area contributed by atoms with Crippen molar-refractivity contribution >= 4 is 35.8 Å². The topological polar surface area (TPSA) is 57.2 Å². The highest BCUT2D eigenvalue weighted by Crippen LogP contribution is 2.16. The first-order valence-electron chi connectivity index (χ1n) is 10.7. The van der Waals surface area contributed by atoms with Gasteiger partial charge in [0.05, 0.1) is 0 Å². The van der Waals surface area contributed by atoms with Crippen LogP contribution in [0.3, 0.4) is 0 Å². The van der Waals surface area contributed by atoms with E-state index in [1.54, 1.807) is 0 Å². The fourth-order valence-corrected chi connectivity index (χ4v) is 3.92. The largest absolute Gasteiger partial charge is 0.368 e. The number of aryl methyl sites for hydroxylation is 1. The Hall–Kier alpha value is -1.35. The fraction of sp³-hybridized carbons (Fsp3) is 0.636. The number of hydrogen-bond donors (Lipinski definition) is 1. The molecule has 1 aromatic rings. The molecule has 1 N–H and O–H groups in total. The summed E-state index contributed by atoms with van der Waals surface area (Å²) in [6.07, 6.45) is 6.38. The zero-order valence-corrected chi connectivity index (χ0v) is 19.8. The molecule has 2 fully saturated rings. The smallest absolute Gasteiger partial charge is 0.251 e. The Kier molecular flexibility index (Phi) is 10.8. The summed E-state index contributed by atoms with van der Waals surface area (Å²) in [5.41, 5.74) is 1.42. The Bertz CT molecular complexity index is 627. The van der Waals surface area contributed by atoms with E-state index in [0.717, 1.165) is 71.0 Å². The van der Waals surface area contributed by atoms with Crippen LogP contribution in [-0.4, -0.2) is 74.1 Å². The van der Waals surface area contributed by atoms with Gasteiger partial charge in [0.25, 0.3) is 5.91 Å². The van der Waals surface area contributed by atoms with Crippen molar-refractivity contribution in [3.63, 3.8) is 0 Å². The fourth-order valence-electron chi connectivity index (χ4n) is 3.92. The minimum absolute atomic E-state index is 0.